The van der Waals surface area contributed by atoms with Gasteiger partial charge in [0.2, 0.25) is 0 Å². The molecule has 0 atom stereocenters. The molecule has 0 aliphatic rings. The number of benzene rings is 2. The van der Waals surface area contributed by atoms with E-state index >= 15 is 0 Å². The van der Waals surface area contributed by atoms with Crippen molar-refractivity contribution in [1.82, 2.24) is 0 Å². The van der Waals surface area contributed by atoms with Crippen LogP contribution in [0.25, 0.3) is 0 Å². The van der Waals surface area contributed by atoms with E-state index in [1.165, 1.54) is 6.07 Å². The van der Waals surface area contributed by atoms with Gasteiger partial charge in [-0.2, -0.15) is 0 Å². The van der Waals surface area contributed by atoms with E-state index in [0.717, 1.165) is 24.3 Å². The Hall–Kier alpha value is -2.08. The number of ether oxygens (including phenoxy) is 1. The highest BCUT2D eigenvalue weighted by Crippen LogP contribution is 2.24. The van der Waals surface area contributed by atoms with Gasteiger partial charge in [0.15, 0.2) is 29.0 Å². The highest BCUT2D eigenvalue weighted by Gasteiger charge is 2.13. The van der Waals surface area contributed by atoms with E-state index in [-0.39, 0.29) is 17.7 Å². The molecule has 0 spiro atoms. The van der Waals surface area contributed by atoms with Crippen LogP contribution in [0.3, 0.4) is 0 Å². The molecule has 0 aromatic heterocycles. The zero-order valence-corrected chi connectivity index (χ0v) is 10.2. The van der Waals surface area contributed by atoms with E-state index in [1.807, 2.05) is 0 Å². The molecule has 20 heavy (non-hydrogen) atoms. The summed E-state index contributed by atoms with van der Waals surface area (Å²) in [5.74, 6) is -4.67. The Bertz CT molecular complexity index is 606. The van der Waals surface area contributed by atoms with Gasteiger partial charge in [0.05, 0.1) is 6.61 Å². The smallest absolute Gasteiger partial charge is 0.191 e. The topological polar surface area (TPSA) is 29.5 Å². The Labute approximate surface area is 112 Å². The average Bonchev–Trinajstić information content (AvgIpc) is 2.41. The number of aliphatic hydroxyl groups is 1. The molecule has 2 nitrogen and oxygen atoms in total. The quantitative estimate of drug-likeness (QED) is 0.874. The number of aliphatic hydroxyl groups excluding tert-OH is 1. The van der Waals surface area contributed by atoms with Crippen molar-refractivity contribution in [1.29, 1.82) is 0 Å². The fraction of sp³-hybridized carbons (Fsp3) is 0.143. The Morgan fingerprint density at radius 1 is 0.800 bits per heavy atom. The molecule has 6 heteroatoms. The first-order valence-electron chi connectivity index (χ1n) is 5.66. The molecule has 0 fully saturated rings. The lowest BCUT2D eigenvalue weighted by molar-refractivity contribution is 0.265. The summed E-state index contributed by atoms with van der Waals surface area (Å²) in [4.78, 5) is 0. The highest BCUT2D eigenvalue weighted by atomic mass is 19.2. The van der Waals surface area contributed by atoms with Crippen molar-refractivity contribution in [3.8, 4) is 5.75 Å². The van der Waals surface area contributed by atoms with Crippen LogP contribution in [0.2, 0.25) is 0 Å². The molecule has 106 valence electrons. The fourth-order valence-electron chi connectivity index (χ4n) is 1.63. The minimum atomic E-state index is -1.07. The zero-order chi connectivity index (χ0) is 14.7. The van der Waals surface area contributed by atoms with Gasteiger partial charge in [0.1, 0.15) is 6.61 Å². The van der Waals surface area contributed by atoms with Crippen molar-refractivity contribution in [2.45, 2.75) is 13.2 Å². The van der Waals surface area contributed by atoms with Gasteiger partial charge in [0, 0.05) is 0 Å². The Morgan fingerprint density at radius 2 is 1.40 bits per heavy atom. The van der Waals surface area contributed by atoms with Gasteiger partial charge < -0.3 is 9.84 Å². The molecule has 2 aromatic carbocycles. The second kappa shape index (κ2) is 5.92. The Kier molecular flexibility index (Phi) is 4.24. The molecule has 2 rings (SSSR count). The SMILES string of the molecule is OCc1cc(F)c(OCc2ccc(F)c(F)c2)c(F)c1. The highest BCUT2D eigenvalue weighted by molar-refractivity contribution is 5.31. The van der Waals surface area contributed by atoms with Crippen LogP contribution < -0.4 is 4.74 Å². The van der Waals surface area contributed by atoms with E-state index in [2.05, 4.69) is 0 Å². The van der Waals surface area contributed by atoms with Gasteiger partial charge >= 0.3 is 0 Å². The molecular weight excluding hydrogens is 276 g/mol. The van der Waals surface area contributed by atoms with Gasteiger partial charge in [-0.1, -0.05) is 6.07 Å². The van der Waals surface area contributed by atoms with Crippen LogP contribution in [0.15, 0.2) is 30.3 Å². The van der Waals surface area contributed by atoms with Crippen molar-refractivity contribution in [2.75, 3.05) is 0 Å². The molecule has 0 bridgehead atoms. The number of halogens is 4. The molecule has 0 heterocycles. The number of hydrogen-bond donors (Lipinski definition) is 1. The first-order chi connectivity index (χ1) is 9.51. The molecule has 2 aromatic rings. The van der Waals surface area contributed by atoms with E-state index in [1.54, 1.807) is 0 Å². The summed E-state index contributed by atoms with van der Waals surface area (Å²) in [5.41, 5.74) is 0.300. The minimum Gasteiger partial charge on any atom is -0.483 e. The number of hydrogen-bond acceptors (Lipinski definition) is 2. The second-order valence-electron chi connectivity index (χ2n) is 4.08. The molecule has 0 aliphatic carbocycles. The Balaban J connectivity index is 2.16. The van der Waals surface area contributed by atoms with Crippen LogP contribution in [0.5, 0.6) is 5.75 Å². The maximum atomic E-state index is 13.5. The summed E-state index contributed by atoms with van der Waals surface area (Å²) in [6.07, 6.45) is 0. The molecule has 0 amide bonds. The van der Waals surface area contributed by atoms with Crippen LogP contribution in [0.4, 0.5) is 17.6 Å². The number of rotatable bonds is 4. The third kappa shape index (κ3) is 3.08. The van der Waals surface area contributed by atoms with Gasteiger partial charge in [-0.15, -0.1) is 0 Å². The van der Waals surface area contributed by atoms with Gasteiger partial charge in [0.25, 0.3) is 0 Å². The lowest BCUT2D eigenvalue weighted by atomic mass is 10.2. The molecule has 0 aliphatic heterocycles. The summed E-state index contributed by atoms with van der Waals surface area (Å²) in [6.45, 7) is -0.819. The predicted molar refractivity (Wildman–Crippen MR) is 63.0 cm³/mol. The average molecular weight is 286 g/mol. The summed E-state index contributed by atoms with van der Waals surface area (Å²) in [5, 5.41) is 8.79. The van der Waals surface area contributed by atoms with Crippen LogP contribution in [0.1, 0.15) is 11.1 Å². The summed E-state index contributed by atoms with van der Waals surface area (Å²) in [7, 11) is 0. The van der Waals surface area contributed by atoms with E-state index in [4.69, 9.17) is 9.84 Å². The fourth-order valence-corrected chi connectivity index (χ4v) is 1.63. The van der Waals surface area contributed by atoms with Crippen molar-refractivity contribution in [3.63, 3.8) is 0 Å². The molecule has 0 unspecified atom stereocenters. The third-order valence-electron chi connectivity index (χ3n) is 2.61. The van der Waals surface area contributed by atoms with Gasteiger partial charge in [-0.25, -0.2) is 17.6 Å². The normalized spacial score (nSPS) is 10.7. The largest absolute Gasteiger partial charge is 0.483 e. The standard InChI is InChI=1S/C14H10F4O2/c15-10-2-1-8(3-11(10)16)7-20-14-12(17)4-9(6-19)5-13(14)18/h1-5,19H,6-7H2. The molecular formula is C14H10F4O2. The zero-order valence-electron chi connectivity index (χ0n) is 10.2. The lowest BCUT2D eigenvalue weighted by Crippen LogP contribution is -2.02. The lowest BCUT2D eigenvalue weighted by Gasteiger charge is -2.10. The van der Waals surface area contributed by atoms with Crippen molar-refractivity contribution in [2.24, 2.45) is 0 Å². The summed E-state index contributed by atoms with van der Waals surface area (Å²) >= 11 is 0. The van der Waals surface area contributed by atoms with Crippen LogP contribution in [-0.2, 0) is 13.2 Å². The predicted octanol–water partition coefficient (Wildman–Crippen LogP) is 3.31. The van der Waals surface area contributed by atoms with E-state index < -0.39 is 35.6 Å². The molecule has 0 saturated carbocycles. The maximum Gasteiger partial charge on any atom is 0.191 e. The molecule has 1 N–H and O–H groups in total. The Morgan fingerprint density at radius 3 is 1.95 bits per heavy atom. The van der Waals surface area contributed by atoms with Crippen LogP contribution >= 0.6 is 0 Å². The summed E-state index contributed by atoms with van der Waals surface area (Å²) < 4.78 is 57.7. The van der Waals surface area contributed by atoms with Crippen molar-refractivity contribution >= 4 is 0 Å². The first kappa shape index (κ1) is 14.3. The van der Waals surface area contributed by atoms with Crippen molar-refractivity contribution in [3.05, 3.63) is 64.7 Å². The van der Waals surface area contributed by atoms with Gasteiger partial charge in [-0.05, 0) is 35.4 Å². The van der Waals surface area contributed by atoms with Gasteiger partial charge in [-0.3, -0.25) is 0 Å². The van der Waals surface area contributed by atoms with Crippen LogP contribution in [0, 0.1) is 23.3 Å². The van der Waals surface area contributed by atoms with Crippen molar-refractivity contribution < 1.29 is 27.4 Å². The van der Waals surface area contributed by atoms with Crippen LogP contribution in [-0.4, -0.2) is 5.11 Å². The first-order valence-corrected chi connectivity index (χ1v) is 5.66. The minimum absolute atomic E-state index is 0.0696. The maximum absolute atomic E-state index is 13.5. The third-order valence-corrected chi connectivity index (χ3v) is 2.61. The molecule has 0 saturated heterocycles. The second-order valence-corrected chi connectivity index (χ2v) is 4.08. The van der Waals surface area contributed by atoms with E-state index in [9.17, 15) is 17.6 Å². The summed E-state index contributed by atoms with van der Waals surface area (Å²) in [6, 6.07) is 4.90. The van der Waals surface area contributed by atoms with E-state index in [0.29, 0.717) is 0 Å². The monoisotopic (exact) mass is 286 g/mol. The molecule has 0 radical (unpaired) electrons.